The second kappa shape index (κ2) is 11.0. The van der Waals surface area contributed by atoms with Gasteiger partial charge in [0.05, 0.1) is 12.6 Å². The molecule has 6 heteroatoms. The van der Waals surface area contributed by atoms with E-state index in [1.165, 1.54) is 11.6 Å². The number of aliphatic hydroxyl groups excluding tert-OH is 1. The lowest BCUT2D eigenvalue weighted by Crippen LogP contribution is -2.39. The van der Waals surface area contributed by atoms with Crippen LogP contribution in [0.25, 0.3) is 0 Å². The Bertz CT molecular complexity index is 694. The van der Waals surface area contributed by atoms with Crippen molar-refractivity contribution in [1.82, 2.24) is 10.6 Å². The van der Waals surface area contributed by atoms with Gasteiger partial charge in [-0.15, -0.1) is 24.0 Å². The molecule has 1 unspecified atom stereocenters. The quantitative estimate of drug-likeness (QED) is 0.354. The minimum Gasteiger partial charge on any atom is -0.386 e. The molecule has 2 aromatic rings. The Morgan fingerprint density at radius 1 is 1.16 bits per heavy atom. The fourth-order valence-corrected chi connectivity index (χ4v) is 2.37. The minimum atomic E-state index is -0.936. The average Bonchev–Trinajstić information content (AvgIpc) is 2.57. The Balaban J connectivity index is 0.00000312. The van der Waals surface area contributed by atoms with Crippen LogP contribution in [0, 0.1) is 12.7 Å². The summed E-state index contributed by atoms with van der Waals surface area (Å²) < 4.78 is 13.7. The molecule has 0 radical (unpaired) electrons. The molecule has 0 aliphatic rings. The second-order valence-electron chi connectivity index (χ2n) is 5.60. The van der Waals surface area contributed by atoms with E-state index in [9.17, 15) is 9.50 Å². The molecule has 25 heavy (non-hydrogen) atoms. The highest BCUT2D eigenvalue weighted by atomic mass is 127. The van der Waals surface area contributed by atoms with Gasteiger partial charge in [0.15, 0.2) is 5.96 Å². The van der Waals surface area contributed by atoms with Crippen molar-refractivity contribution < 1.29 is 9.50 Å². The number of aliphatic imine (C=N–C) groups is 1. The maximum Gasteiger partial charge on any atom is 0.191 e. The molecule has 2 rings (SSSR count). The highest BCUT2D eigenvalue weighted by Gasteiger charge is 2.12. The molecule has 0 aliphatic carbocycles. The van der Waals surface area contributed by atoms with Gasteiger partial charge < -0.3 is 15.7 Å². The van der Waals surface area contributed by atoms with E-state index in [-0.39, 0.29) is 36.1 Å². The molecule has 0 aliphatic heterocycles. The van der Waals surface area contributed by atoms with Gasteiger partial charge in [-0.05, 0) is 25.5 Å². The van der Waals surface area contributed by atoms with Crippen LogP contribution in [0.5, 0.6) is 0 Å². The number of hydrogen-bond acceptors (Lipinski definition) is 2. The Hall–Kier alpha value is -1.67. The lowest BCUT2D eigenvalue weighted by atomic mass is 10.1. The van der Waals surface area contributed by atoms with Gasteiger partial charge in [-0.2, -0.15) is 0 Å². The van der Waals surface area contributed by atoms with Crippen molar-refractivity contribution in [2.24, 2.45) is 4.99 Å². The van der Waals surface area contributed by atoms with Crippen molar-refractivity contribution >= 4 is 29.9 Å². The van der Waals surface area contributed by atoms with Gasteiger partial charge in [0.25, 0.3) is 0 Å². The number of guanidine groups is 1. The molecule has 0 saturated carbocycles. The van der Waals surface area contributed by atoms with Crippen LogP contribution >= 0.6 is 24.0 Å². The summed E-state index contributed by atoms with van der Waals surface area (Å²) in [5, 5.41) is 16.3. The zero-order valence-corrected chi connectivity index (χ0v) is 16.8. The van der Waals surface area contributed by atoms with Crippen LogP contribution in [0.4, 0.5) is 4.39 Å². The lowest BCUT2D eigenvalue weighted by molar-refractivity contribution is 0.176. The van der Waals surface area contributed by atoms with Gasteiger partial charge in [0, 0.05) is 18.7 Å². The first kappa shape index (κ1) is 21.4. The van der Waals surface area contributed by atoms with Crippen LogP contribution in [-0.2, 0) is 6.54 Å². The molecule has 3 N–H and O–H groups in total. The fraction of sp³-hybridized carbons (Fsp3) is 0.316. The van der Waals surface area contributed by atoms with Crippen LogP contribution < -0.4 is 10.6 Å². The lowest BCUT2D eigenvalue weighted by Gasteiger charge is -2.16. The molecule has 136 valence electrons. The van der Waals surface area contributed by atoms with Crippen LogP contribution in [-0.4, -0.2) is 24.2 Å². The molecular formula is C19H25FIN3O. The molecule has 0 bridgehead atoms. The summed E-state index contributed by atoms with van der Waals surface area (Å²) in [7, 11) is 0. The number of hydrogen-bond donors (Lipinski definition) is 3. The SMILES string of the molecule is CCNC(=NCc1cccc(C)c1)NCC(O)c1ccccc1F.I. The summed E-state index contributed by atoms with van der Waals surface area (Å²) in [6, 6.07) is 14.4. The van der Waals surface area contributed by atoms with E-state index in [0.29, 0.717) is 19.0 Å². The zero-order valence-electron chi connectivity index (χ0n) is 14.5. The highest BCUT2D eigenvalue weighted by Crippen LogP contribution is 2.15. The number of rotatable bonds is 6. The number of aryl methyl sites for hydroxylation is 1. The average molecular weight is 457 g/mol. The molecule has 0 aromatic heterocycles. The Kier molecular flexibility index (Phi) is 9.44. The van der Waals surface area contributed by atoms with E-state index in [4.69, 9.17) is 0 Å². The number of nitrogens with one attached hydrogen (secondary N) is 2. The van der Waals surface area contributed by atoms with Crippen molar-refractivity contribution in [2.45, 2.75) is 26.5 Å². The fourth-order valence-electron chi connectivity index (χ4n) is 2.37. The molecule has 0 saturated heterocycles. The van der Waals surface area contributed by atoms with Crippen molar-refractivity contribution in [3.63, 3.8) is 0 Å². The van der Waals surface area contributed by atoms with Gasteiger partial charge in [-0.3, -0.25) is 0 Å². The van der Waals surface area contributed by atoms with E-state index in [1.54, 1.807) is 18.2 Å². The molecular weight excluding hydrogens is 432 g/mol. The molecule has 0 spiro atoms. The first-order chi connectivity index (χ1) is 11.6. The zero-order chi connectivity index (χ0) is 17.4. The van der Waals surface area contributed by atoms with Gasteiger partial charge in [-0.1, -0.05) is 48.0 Å². The molecule has 2 aromatic carbocycles. The topological polar surface area (TPSA) is 56.7 Å². The Morgan fingerprint density at radius 2 is 1.92 bits per heavy atom. The normalized spacial score (nSPS) is 12.2. The van der Waals surface area contributed by atoms with Gasteiger partial charge in [-0.25, -0.2) is 9.38 Å². The number of halogens is 2. The first-order valence-electron chi connectivity index (χ1n) is 8.10. The summed E-state index contributed by atoms with van der Waals surface area (Å²) in [6.07, 6.45) is -0.936. The molecule has 0 fully saturated rings. The highest BCUT2D eigenvalue weighted by molar-refractivity contribution is 14.0. The predicted molar refractivity (Wildman–Crippen MR) is 111 cm³/mol. The standard InChI is InChI=1S/C19H24FN3O.HI/c1-3-21-19(22-12-15-8-6-7-14(2)11-15)23-13-18(24)16-9-4-5-10-17(16)20;/h4-11,18,24H,3,12-13H2,1-2H3,(H2,21,22,23);1H. The van der Waals surface area contributed by atoms with Crippen molar-refractivity contribution in [1.29, 1.82) is 0 Å². The third-order valence-corrected chi connectivity index (χ3v) is 3.57. The molecule has 0 amide bonds. The largest absolute Gasteiger partial charge is 0.386 e. The Morgan fingerprint density at radius 3 is 2.60 bits per heavy atom. The third-order valence-electron chi connectivity index (χ3n) is 3.57. The molecule has 0 heterocycles. The van der Waals surface area contributed by atoms with E-state index in [0.717, 1.165) is 5.56 Å². The van der Waals surface area contributed by atoms with Crippen molar-refractivity contribution in [3.05, 3.63) is 71.0 Å². The monoisotopic (exact) mass is 457 g/mol. The van der Waals surface area contributed by atoms with E-state index >= 15 is 0 Å². The number of nitrogens with zero attached hydrogens (tertiary/aromatic N) is 1. The second-order valence-corrected chi connectivity index (χ2v) is 5.60. The van der Waals surface area contributed by atoms with Crippen molar-refractivity contribution in [3.8, 4) is 0 Å². The van der Waals surface area contributed by atoms with Crippen LogP contribution in [0.2, 0.25) is 0 Å². The van der Waals surface area contributed by atoms with Gasteiger partial charge in [0.2, 0.25) is 0 Å². The van der Waals surface area contributed by atoms with Crippen molar-refractivity contribution in [2.75, 3.05) is 13.1 Å². The summed E-state index contributed by atoms with van der Waals surface area (Å²) in [6.45, 7) is 5.43. The Labute approximate surface area is 165 Å². The smallest absolute Gasteiger partial charge is 0.191 e. The maximum atomic E-state index is 13.7. The third kappa shape index (κ3) is 6.99. The maximum absolute atomic E-state index is 13.7. The van der Waals surface area contributed by atoms with Crippen LogP contribution in [0.3, 0.4) is 0 Å². The van der Waals surface area contributed by atoms with E-state index < -0.39 is 11.9 Å². The minimum absolute atomic E-state index is 0. The summed E-state index contributed by atoms with van der Waals surface area (Å²) in [5.41, 5.74) is 2.58. The molecule has 1 atom stereocenters. The molecule has 4 nitrogen and oxygen atoms in total. The number of aliphatic hydroxyl groups is 1. The van der Waals surface area contributed by atoms with E-state index in [2.05, 4.69) is 21.7 Å². The summed E-state index contributed by atoms with van der Waals surface area (Å²) in [5.74, 6) is 0.183. The van der Waals surface area contributed by atoms with Gasteiger partial charge >= 0.3 is 0 Å². The summed E-state index contributed by atoms with van der Waals surface area (Å²) in [4.78, 5) is 4.50. The van der Waals surface area contributed by atoms with Crippen LogP contribution in [0.15, 0.2) is 53.5 Å². The summed E-state index contributed by atoms with van der Waals surface area (Å²) >= 11 is 0. The van der Waals surface area contributed by atoms with E-state index in [1.807, 2.05) is 32.0 Å². The number of benzene rings is 2. The first-order valence-corrected chi connectivity index (χ1v) is 8.10. The van der Waals surface area contributed by atoms with Gasteiger partial charge in [0.1, 0.15) is 5.82 Å². The van der Waals surface area contributed by atoms with Crippen LogP contribution in [0.1, 0.15) is 29.7 Å². The predicted octanol–water partition coefficient (Wildman–Crippen LogP) is 3.54.